The largest absolute Gasteiger partial charge is 0.503 e. The molecule has 0 spiro atoms. The highest BCUT2D eigenvalue weighted by Crippen LogP contribution is 2.39. The summed E-state index contributed by atoms with van der Waals surface area (Å²) in [6, 6.07) is 10.1. The zero-order valence-corrected chi connectivity index (χ0v) is 15.1. The predicted molar refractivity (Wildman–Crippen MR) is 97.3 cm³/mol. The van der Waals surface area contributed by atoms with Crippen molar-refractivity contribution in [2.75, 3.05) is 13.2 Å². The Morgan fingerprint density at radius 1 is 1.26 bits per heavy atom. The summed E-state index contributed by atoms with van der Waals surface area (Å²) in [6.07, 6.45) is 3.10. The van der Waals surface area contributed by atoms with Gasteiger partial charge in [-0.25, -0.2) is 0 Å². The molecule has 27 heavy (non-hydrogen) atoms. The molecule has 1 fully saturated rings. The highest BCUT2D eigenvalue weighted by Gasteiger charge is 2.45. The van der Waals surface area contributed by atoms with E-state index in [1.807, 2.05) is 31.2 Å². The van der Waals surface area contributed by atoms with Crippen molar-refractivity contribution in [1.29, 1.82) is 0 Å². The van der Waals surface area contributed by atoms with Crippen molar-refractivity contribution in [3.05, 3.63) is 70.9 Å². The molecule has 0 aliphatic carbocycles. The Balaban J connectivity index is 1.75. The summed E-state index contributed by atoms with van der Waals surface area (Å²) in [5.74, 6) is -1.45. The first-order valence-electron chi connectivity index (χ1n) is 9.06. The number of Topliss-reactive ketones (excluding diaryl/α,β-unsaturated/α-hetero) is 1. The van der Waals surface area contributed by atoms with E-state index in [-0.39, 0.29) is 17.4 Å². The summed E-state index contributed by atoms with van der Waals surface area (Å²) >= 11 is 0. The molecule has 0 bridgehead atoms. The fourth-order valence-corrected chi connectivity index (χ4v) is 3.72. The van der Waals surface area contributed by atoms with Crippen LogP contribution in [0.1, 0.15) is 40.6 Å². The molecular formula is C21H21NO5. The van der Waals surface area contributed by atoms with Crippen LogP contribution < -0.4 is 0 Å². The number of amides is 1. The summed E-state index contributed by atoms with van der Waals surface area (Å²) in [5.41, 5.74) is 1.89. The predicted octanol–water partition coefficient (Wildman–Crippen LogP) is 3.35. The maximum Gasteiger partial charge on any atom is 0.290 e. The van der Waals surface area contributed by atoms with E-state index in [9.17, 15) is 14.7 Å². The van der Waals surface area contributed by atoms with Crippen molar-refractivity contribution in [2.24, 2.45) is 0 Å². The van der Waals surface area contributed by atoms with Crippen LogP contribution in [-0.2, 0) is 9.53 Å². The molecule has 2 aromatic rings. The third-order valence-corrected chi connectivity index (χ3v) is 5.11. The Kier molecular flexibility index (Phi) is 4.58. The van der Waals surface area contributed by atoms with Gasteiger partial charge in [0.15, 0.2) is 11.5 Å². The fourth-order valence-electron chi connectivity index (χ4n) is 3.72. The maximum atomic E-state index is 13.0. The van der Waals surface area contributed by atoms with Gasteiger partial charge in [0.2, 0.25) is 5.78 Å². The molecule has 6 nitrogen and oxygen atoms in total. The zero-order chi connectivity index (χ0) is 19.0. The van der Waals surface area contributed by atoms with Crippen molar-refractivity contribution in [2.45, 2.75) is 31.9 Å². The number of hydrogen-bond donors (Lipinski definition) is 1. The number of ether oxygens (including phenoxy) is 1. The first-order valence-corrected chi connectivity index (χ1v) is 9.06. The number of carbonyl (C=O) groups is 2. The van der Waals surface area contributed by atoms with Crippen molar-refractivity contribution in [3.8, 4) is 0 Å². The lowest BCUT2D eigenvalue weighted by molar-refractivity contribution is -0.131. The minimum Gasteiger partial charge on any atom is -0.503 e. The van der Waals surface area contributed by atoms with Crippen LogP contribution in [0.3, 0.4) is 0 Å². The lowest BCUT2D eigenvalue weighted by Crippen LogP contribution is -2.37. The van der Waals surface area contributed by atoms with Crippen LogP contribution in [0.2, 0.25) is 0 Å². The van der Waals surface area contributed by atoms with Gasteiger partial charge in [-0.05, 0) is 37.5 Å². The van der Waals surface area contributed by atoms with Crippen molar-refractivity contribution < 1.29 is 23.8 Å². The van der Waals surface area contributed by atoms with Crippen molar-refractivity contribution in [1.82, 2.24) is 4.90 Å². The molecule has 1 amide bonds. The quantitative estimate of drug-likeness (QED) is 0.820. The molecule has 0 saturated carbocycles. The van der Waals surface area contributed by atoms with E-state index in [1.165, 1.54) is 17.2 Å². The van der Waals surface area contributed by atoms with E-state index in [2.05, 4.69) is 0 Å². The van der Waals surface area contributed by atoms with E-state index >= 15 is 0 Å². The molecule has 2 unspecified atom stereocenters. The van der Waals surface area contributed by atoms with Gasteiger partial charge in [-0.1, -0.05) is 29.8 Å². The molecule has 2 atom stereocenters. The van der Waals surface area contributed by atoms with Gasteiger partial charge >= 0.3 is 0 Å². The molecule has 6 heteroatoms. The topological polar surface area (TPSA) is 80.0 Å². The normalized spacial score (nSPS) is 22.7. The van der Waals surface area contributed by atoms with E-state index < -0.39 is 23.5 Å². The second kappa shape index (κ2) is 7.04. The first-order chi connectivity index (χ1) is 13.1. The summed E-state index contributed by atoms with van der Waals surface area (Å²) in [6.45, 7) is 2.96. The first kappa shape index (κ1) is 17.5. The molecule has 140 valence electrons. The Hall–Kier alpha value is -2.86. The Labute approximate surface area is 157 Å². The van der Waals surface area contributed by atoms with Gasteiger partial charge < -0.3 is 19.2 Å². The average molecular weight is 367 g/mol. The number of aliphatic hydroxyl groups is 1. The third kappa shape index (κ3) is 3.17. The number of aliphatic hydroxyl groups excluding tert-OH is 1. The number of nitrogens with zero attached hydrogens (tertiary/aromatic N) is 1. The molecule has 4 rings (SSSR count). The number of ketones is 1. The molecule has 3 heterocycles. The van der Waals surface area contributed by atoms with Crippen LogP contribution in [0.15, 0.2) is 58.4 Å². The number of aryl methyl sites for hydroxylation is 1. The summed E-state index contributed by atoms with van der Waals surface area (Å²) in [4.78, 5) is 27.3. The standard InChI is InChI=1S/C21H21NO5/c1-13-6-8-14(9-7-13)18-17(19(23)16-5-3-11-27-16)20(24)21(25)22(18)12-15-4-2-10-26-15/h3,5-9,11,15,18,24H,2,4,10,12H2,1H3. The van der Waals surface area contributed by atoms with Crippen LogP contribution in [0.25, 0.3) is 0 Å². The monoisotopic (exact) mass is 367 g/mol. The molecule has 1 N–H and O–H groups in total. The van der Waals surface area contributed by atoms with E-state index in [0.29, 0.717) is 13.2 Å². The fraction of sp³-hybridized carbons (Fsp3) is 0.333. The molecular weight excluding hydrogens is 346 g/mol. The Morgan fingerprint density at radius 2 is 2.04 bits per heavy atom. The highest BCUT2D eigenvalue weighted by molar-refractivity contribution is 6.15. The van der Waals surface area contributed by atoms with Gasteiger partial charge in [0.1, 0.15) is 0 Å². The molecule has 1 aromatic carbocycles. The minimum absolute atomic E-state index is 0.0526. The SMILES string of the molecule is Cc1ccc(C2C(C(=O)c3ccco3)=C(O)C(=O)N2CC2CCCO2)cc1. The number of benzene rings is 1. The van der Waals surface area contributed by atoms with Gasteiger partial charge in [-0.3, -0.25) is 9.59 Å². The number of carbonyl (C=O) groups excluding carboxylic acids is 2. The zero-order valence-electron chi connectivity index (χ0n) is 15.1. The number of hydrogen-bond acceptors (Lipinski definition) is 5. The third-order valence-electron chi connectivity index (χ3n) is 5.11. The average Bonchev–Trinajstić information content (AvgIpc) is 3.41. The number of rotatable bonds is 5. The Bertz CT molecular complexity index is 876. The second-order valence-electron chi connectivity index (χ2n) is 6.97. The summed E-state index contributed by atoms with van der Waals surface area (Å²) in [7, 11) is 0. The molecule has 2 aliphatic heterocycles. The van der Waals surface area contributed by atoms with Gasteiger partial charge in [-0.15, -0.1) is 0 Å². The minimum atomic E-state index is -0.667. The van der Waals surface area contributed by atoms with E-state index in [4.69, 9.17) is 9.15 Å². The van der Waals surface area contributed by atoms with Crippen molar-refractivity contribution in [3.63, 3.8) is 0 Å². The van der Waals surface area contributed by atoms with Crippen LogP contribution in [0.4, 0.5) is 0 Å². The highest BCUT2D eigenvalue weighted by atomic mass is 16.5. The summed E-state index contributed by atoms with van der Waals surface area (Å²) in [5, 5.41) is 10.5. The van der Waals surface area contributed by atoms with E-state index in [0.717, 1.165) is 24.0 Å². The van der Waals surface area contributed by atoms with E-state index in [1.54, 1.807) is 6.07 Å². The second-order valence-corrected chi connectivity index (χ2v) is 6.97. The lowest BCUT2D eigenvalue weighted by atomic mass is 9.94. The van der Waals surface area contributed by atoms with Crippen molar-refractivity contribution >= 4 is 11.7 Å². The maximum absolute atomic E-state index is 13.0. The lowest BCUT2D eigenvalue weighted by Gasteiger charge is -2.28. The smallest absolute Gasteiger partial charge is 0.290 e. The van der Waals surface area contributed by atoms with Gasteiger partial charge in [0, 0.05) is 13.2 Å². The van der Waals surface area contributed by atoms with Crippen LogP contribution in [-0.4, -0.2) is 41.0 Å². The molecule has 1 aromatic heterocycles. The van der Waals surface area contributed by atoms with Gasteiger partial charge in [0.05, 0.1) is 24.0 Å². The molecule has 1 saturated heterocycles. The molecule has 0 radical (unpaired) electrons. The van der Waals surface area contributed by atoms with Gasteiger partial charge in [0.25, 0.3) is 5.91 Å². The Morgan fingerprint density at radius 3 is 2.67 bits per heavy atom. The summed E-state index contributed by atoms with van der Waals surface area (Å²) < 4.78 is 10.9. The van der Waals surface area contributed by atoms with Gasteiger partial charge in [-0.2, -0.15) is 0 Å². The number of furan rings is 1. The van der Waals surface area contributed by atoms with Crippen LogP contribution >= 0.6 is 0 Å². The van der Waals surface area contributed by atoms with Crippen LogP contribution in [0, 0.1) is 6.92 Å². The van der Waals surface area contributed by atoms with Crippen LogP contribution in [0.5, 0.6) is 0 Å². The molecule has 2 aliphatic rings.